The van der Waals surface area contributed by atoms with E-state index in [4.69, 9.17) is 5.73 Å². The molecule has 8 nitrogen and oxygen atoms in total. The smallest absolute Gasteiger partial charge is 0.224 e. The number of anilines is 1. The number of H-pyrrole nitrogens is 1. The topological polar surface area (TPSA) is 118 Å². The largest absolute Gasteiger partial charge is 0.351 e. The van der Waals surface area contributed by atoms with Gasteiger partial charge in [-0.15, -0.1) is 12.4 Å². The molecule has 0 radical (unpaired) electrons. The summed E-state index contributed by atoms with van der Waals surface area (Å²) in [5.74, 6) is 1.03. The van der Waals surface area contributed by atoms with Gasteiger partial charge in [-0.3, -0.25) is 5.10 Å². The van der Waals surface area contributed by atoms with Gasteiger partial charge in [-0.1, -0.05) is 12.1 Å². The van der Waals surface area contributed by atoms with Crippen LogP contribution in [0.2, 0.25) is 0 Å². The van der Waals surface area contributed by atoms with Gasteiger partial charge in [0.05, 0.1) is 16.8 Å². The zero-order valence-corrected chi connectivity index (χ0v) is 18.9. The van der Waals surface area contributed by atoms with Crippen molar-refractivity contribution in [3.05, 3.63) is 59.9 Å². The molecule has 33 heavy (non-hydrogen) atoms. The summed E-state index contributed by atoms with van der Waals surface area (Å²) in [5.41, 5.74) is 8.97. The van der Waals surface area contributed by atoms with Crippen molar-refractivity contribution in [1.82, 2.24) is 30.1 Å². The van der Waals surface area contributed by atoms with Crippen LogP contribution < -0.4 is 11.1 Å². The predicted molar refractivity (Wildman–Crippen MR) is 128 cm³/mol. The second-order valence-electron chi connectivity index (χ2n) is 8.27. The lowest BCUT2D eigenvalue weighted by molar-refractivity contribution is 0.410. The van der Waals surface area contributed by atoms with Crippen molar-refractivity contribution >= 4 is 29.4 Å². The molecular weight excluding hydrogens is 443 g/mol. The van der Waals surface area contributed by atoms with Crippen molar-refractivity contribution < 1.29 is 4.39 Å². The molecule has 4 aromatic rings. The van der Waals surface area contributed by atoms with Gasteiger partial charge in [-0.25, -0.2) is 19.3 Å². The van der Waals surface area contributed by atoms with Crippen LogP contribution in [-0.2, 0) is 12.8 Å². The van der Waals surface area contributed by atoms with Crippen LogP contribution in [0.25, 0.3) is 22.4 Å². The number of nitrogens with zero attached hydrogens (tertiary/aromatic N) is 5. The summed E-state index contributed by atoms with van der Waals surface area (Å²) in [6.45, 7) is 0. The van der Waals surface area contributed by atoms with Crippen molar-refractivity contribution in [2.45, 2.75) is 50.6 Å². The average molecular weight is 469 g/mol. The van der Waals surface area contributed by atoms with Crippen LogP contribution >= 0.6 is 12.4 Å². The van der Waals surface area contributed by atoms with Gasteiger partial charge in [0.15, 0.2) is 5.65 Å². The Morgan fingerprint density at radius 3 is 2.73 bits per heavy atom. The maximum atomic E-state index is 13.4. The van der Waals surface area contributed by atoms with E-state index >= 15 is 0 Å². The summed E-state index contributed by atoms with van der Waals surface area (Å²) in [4.78, 5) is 18.1. The maximum absolute atomic E-state index is 13.4. The fourth-order valence-electron chi connectivity index (χ4n) is 4.12. The van der Waals surface area contributed by atoms with Crippen LogP contribution in [0.1, 0.15) is 37.1 Å². The SMILES string of the molecule is Cl.NC1CCC(Nc2ncc3c(-c4ccnc(CCc5cccc(F)c5)n4)[nH]nc3n2)CC1. The minimum absolute atomic E-state index is 0. The highest BCUT2D eigenvalue weighted by molar-refractivity contribution is 5.89. The fourth-order valence-corrected chi connectivity index (χ4v) is 4.12. The quantitative estimate of drug-likeness (QED) is 0.393. The van der Waals surface area contributed by atoms with E-state index in [9.17, 15) is 4.39 Å². The summed E-state index contributed by atoms with van der Waals surface area (Å²) in [6.07, 6.45) is 8.84. The fraction of sp³-hybridized carbons (Fsp3) is 0.348. The summed E-state index contributed by atoms with van der Waals surface area (Å²) in [7, 11) is 0. The Bertz CT molecular complexity index is 1220. The minimum Gasteiger partial charge on any atom is -0.351 e. The molecule has 3 aromatic heterocycles. The lowest BCUT2D eigenvalue weighted by Crippen LogP contribution is -2.33. The van der Waals surface area contributed by atoms with Gasteiger partial charge in [0.1, 0.15) is 11.6 Å². The summed E-state index contributed by atoms with van der Waals surface area (Å²) < 4.78 is 13.4. The van der Waals surface area contributed by atoms with Gasteiger partial charge < -0.3 is 11.1 Å². The lowest BCUT2D eigenvalue weighted by atomic mass is 9.92. The minimum atomic E-state index is -0.234. The van der Waals surface area contributed by atoms with Crippen LogP contribution in [-0.4, -0.2) is 42.2 Å². The van der Waals surface area contributed by atoms with E-state index < -0.39 is 0 Å². The molecule has 0 saturated heterocycles. The number of nitrogens with two attached hydrogens (primary N) is 1. The van der Waals surface area contributed by atoms with Crippen molar-refractivity contribution in [1.29, 1.82) is 0 Å². The number of rotatable bonds is 6. The van der Waals surface area contributed by atoms with E-state index in [1.165, 1.54) is 12.1 Å². The van der Waals surface area contributed by atoms with Crippen LogP contribution in [0, 0.1) is 5.82 Å². The molecule has 0 bridgehead atoms. The highest BCUT2D eigenvalue weighted by Crippen LogP contribution is 2.25. The first-order valence-electron chi connectivity index (χ1n) is 10.9. The molecule has 3 heterocycles. The maximum Gasteiger partial charge on any atom is 0.224 e. The van der Waals surface area contributed by atoms with Crippen LogP contribution in [0.15, 0.2) is 42.7 Å². The highest BCUT2D eigenvalue weighted by Gasteiger charge is 2.20. The van der Waals surface area contributed by atoms with Crippen molar-refractivity contribution in [2.24, 2.45) is 5.73 Å². The van der Waals surface area contributed by atoms with Crippen LogP contribution in [0.5, 0.6) is 0 Å². The molecule has 1 aromatic carbocycles. The zero-order valence-electron chi connectivity index (χ0n) is 18.0. The van der Waals surface area contributed by atoms with Crippen LogP contribution in [0.4, 0.5) is 10.3 Å². The number of hydrogen-bond donors (Lipinski definition) is 3. The Morgan fingerprint density at radius 1 is 1.06 bits per heavy atom. The van der Waals surface area contributed by atoms with Crippen molar-refractivity contribution in [2.75, 3.05) is 5.32 Å². The first kappa shape index (κ1) is 23.0. The third-order valence-corrected chi connectivity index (χ3v) is 5.90. The molecule has 1 aliphatic rings. The summed E-state index contributed by atoms with van der Waals surface area (Å²) in [6, 6.07) is 9.07. The van der Waals surface area contributed by atoms with E-state index in [2.05, 4.69) is 35.5 Å². The lowest BCUT2D eigenvalue weighted by Gasteiger charge is -2.26. The number of aromatic amines is 1. The Hall–Kier alpha value is -3.17. The van der Waals surface area contributed by atoms with E-state index in [1.807, 2.05) is 12.1 Å². The molecule has 10 heteroatoms. The molecule has 172 valence electrons. The van der Waals surface area contributed by atoms with Gasteiger partial charge >= 0.3 is 0 Å². The number of halogens is 2. The third kappa shape index (κ3) is 5.43. The van der Waals surface area contributed by atoms with Gasteiger partial charge in [0, 0.05) is 30.9 Å². The van der Waals surface area contributed by atoms with Crippen molar-refractivity contribution in [3.8, 4) is 11.4 Å². The summed E-state index contributed by atoms with van der Waals surface area (Å²) >= 11 is 0. The normalized spacial score (nSPS) is 18.1. The Labute approximate surface area is 197 Å². The second-order valence-corrected chi connectivity index (χ2v) is 8.27. The first-order valence-corrected chi connectivity index (χ1v) is 10.9. The monoisotopic (exact) mass is 468 g/mol. The van der Waals surface area contributed by atoms with Crippen LogP contribution in [0.3, 0.4) is 0 Å². The second kappa shape index (κ2) is 10.2. The van der Waals surface area contributed by atoms with E-state index in [1.54, 1.807) is 18.5 Å². The molecule has 5 rings (SSSR count). The van der Waals surface area contributed by atoms with Gasteiger partial charge in [0.2, 0.25) is 5.95 Å². The standard InChI is InChI=1S/C23H25FN8.ClH/c24-15-3-1-2-14(12-15)4-9-20-26-11-10-19(29-20)21-18-13-27-23(30-22(18)32-31-21)28-17-7-5-16(25)6-8-17;/h1-3,10-13,16-17H,4-9,25H2,(H2,27,28,30,31,32);1H. The van der Waals surface area contributed by atoms with Crippen molar-refractivity contribution in [3.63, 3.8) is 0 Å². The molecule has 0 spiro atoms. The number of aryl methyl sites for hydroxylation is 2. The Balaban J connectivity index is 0.00000259. The van der Waals surface area contributed by atoms with Gasteiger partial charge in [-0.05, 0) is 55.9 Å². The molecule has 0 unspecified atom stereocenters. The molecule has 1 saturated carbocycles. The Morgan fingerprint density at radius 2 is 1.91 bits per heavy atom. The molecule has 1 fully saturated rings. The first-order chi connectivity index (χ1) is 15.6. The zero-order chi connectivity index (χ0) is 21.9. The average Bonchev–Trinajstić information content (AvgIpc) is 3.23. The van der Waals surface area contributed by atoms with Gasteiger partial charge in [-0.2, -0.15) is 10.1 Å². The Kier molecular flexibility index (Phi) is 7.10. The number of benzene rings is 1. The number of hydrogen-bond acceptors (Lipinski definition) is 7. The van der Waals surface area contributed by atoms with E-state index in [0.29, 0.717) is 42.3 Å². The predicted octanol–water partition coefficient (Wildman–Crippen LogP) is 3.84. The van der Waals surface area contributed by atoms with Gasteiger partial charge in [0.25, 0.3) is 0 Å². The molecule has 0 amide bonds. The molecule has 4 N–H and O–H groups in total. The number of aromatic nitrogens is 6. The molecule has 0 atom stereocenters. The molecule has 1 aliphatic carbocycles. The summed E-state index contributed by atoms with van der Waals surface area (Å²) in [5, 5.41) is 11.6. The number of fused-ring (bicyclic) bond motifs is 1. The third-order valence-electron chi connectivity index (χ3n) is 5.90. The van der Waals surface area contributed by atoms with E-state index in [-0.39, 0.29) is 18.2 Å². The molecule has 0 aliphatic heterocycles. The highest BCUT2D eigenvalue weighted by atomic mass is 35.5. The van der Waals surface area contributed by atoms with E-state index in [0.717, 1.165) is 48.0 Å². The molecular formula is C23H26ClFN8. The number of nitrogens with one attached hydrogen (secondary N) is 2.